The minimum Gasteiger partial charge on any atom is -0.451 e. The van der Waals surface area contributed by atoms with Crippen molar-refractivity contribution in [2.45, 2.75) is 39.7 Å². The number of fused-ring (bicyclic) bond motifs is 1. The maximum absolute atomic E-state index is 11.9. The molecule has 0 N–H and O–H groups in total. The van der Waals surface area contributed by atoms with Crippen molar-refractivity contribution in [3.63, 3.8) is 0 Å². The Bertz CT molecular complexity index is 434. The molecular weight excluding hydrogens is 200 g/mol. The van der Waals surface area contributed by atoms with Crippen LogP contribution >= 0.6 is 0 Å². The molecule has 0 saturated heterocycles. The van der Waals surface area contributed by atoms with Crippen LogP contribution in [0.4, 0.5) is 0 Å². The summed E-state index contributed by atoms with van der Waals surface area (Å²) in [6.07, 6.45) is 0.870. The summed E-state index contributed by atoms with van der Waals surface area (Å²) in [5.41, 5.74) is 2.39. The molecule has 1 aliphatic heterocycles. The molecule has 0 bridgehead atoms. The van der Waals surface area contributed by atoms with E-state index in [9.17, 15) is 4.79 Å². The Labute approximate surface area is 96.6 Å². The van der Waals surface area contributed by atoms with Crippen molar-refractivity contribution in [3.05, 3.63) is 34.9 Å². The fraction of sp³-hybridized carbons (Fsp3) is 0.500. The van der Waals surface area contributed by atoms with Gasteiger partial charge in [0.1, 0.15) is 5.60 Å². The van der Waals surface area contributed by atoms with E-state index in [1.165, 1.54) is 0 Å². The topological polar surface area (TPSA) is 26.3 Å². The molecule has 2 heteroatoms. The highest BCUT2D eigenvalue weighted by Gasteiger charge is 2.42. The van der Waals surface area contributed by atoms with Crippen LogP contribution in [-0.4, -0.2) is 5.97 Å². The van der Waals surface area contributed by atoms with E-state index in [0.29, 0.717) is 5.92 Å². The summed E-state index contributed by atoms with van der Waals surface area (Å²) in [6, 6.07) is 5.96. The van der Waals surface area contributed by atoms with Crippen molar-refractivity contribution in [1.82, 2.24) is 0 Å². The van der Waals surface area contributed by atoms with Gasteiger partial charge in [-0.05, 0) is 31.7 Å². The molecule has 16 heavy (non-hydrogen) atoms. The summed E-state index contributed by atoms with van der Waals surface area (Å²) < 4.78 is 5.57. The predicted octanol–water partition coefficient (Wildman–Crippen LogP) is 3.43. The van der Waals surface area contributed by atoms with E-state index in [2.05, 4.69) is 13.8 Å². The molecule has 0 spiro atoms. The molecule has 0 aliphatic carbocycles. The first-order chi connectivity index (χ1) is 7.44. The third kappa shape index (κ3) is 1.62. The second-order valence-electron chi connectivity index (χ2n) is 5.22. The van der Waals surface area contributed by atoms with E-state index >= 15 is 0 Å². The largest absolute Gasteiger partial charge is 0.451 e. The summed E-state index contributed by atoms with van der Waals surface area (Å²) in [7, 11) is 0. The van der Waals surface area contributed by atoms with Gasteiger partial charge in [-0.2, -0.15) is 0 Å². The van der Waals surface area contributed by atoms with Crippen LogP contribution in [0.3, 0.4) is 0 Å². The second kappa shape index (κ2) is 3.62. The van der Waals surface area contributed by atoms with Gasteiger partial charge >= 0.3 is 5.97 Å². The standard InChI is InChI=1S/C14H18O2/c1-9(2)8-14(4)11-7-5-6-10(3)12(11)13(15)16-14/h5-7,9H,8H2,1-4H3. The number of rotatable bonds is 2. The number of cyclic esters (lactones) is 1. The first-order valence-corrected chi connectivity index (χ1v) is 5.77. The summed E-state index contributed by atoms with van der Waals surface area (Å²) in [5.74, 6) is 0.334. The minimum absolute atomic E-state index is 0.170. The number of hydrogen-bond donors (Lipinski definition) is 0. The van der Waals surface area contributed by atoms with Crippen molar-refractivity contribution < 1.29 is 9.53 Å². The zero-order valence-electron chi connectivity index (χ0n) is 10.3. The molecule has 1 aromatic rings. The number of hydrogen-bond acceptors (Lipinski definition) is 2. The molecule has 2 nitrogen and oxygen atoms in total. The van der Waals surface area contributed by atoms with Crippen molar-refractivity contribution in [3.8, 4) is 0 Å². The minimum atomic E-state index is -0.438. The molecule has 0 radical (unpaired) electrons. The monoisotopic (exact) mass is 218 g/mol. The lowest BCUT2D eigenvalue weighted by atomic mass is 9.85. The summed E-state index contributed by atoms with van der Waals surface area (Å²) in [6.45, 7) is 8.26. The van der Waals surface area contributed by atoms with Crippen LogP contribution in [0.25, 0.3) is 0 Å². The lowest BCUT2D eigenvalue weighted by molar-refractivity contribution is -0.00860. The molecule has 0 aromatic heterocycles. The van der Waals surface area contributed by atoms with E-state index in [4.69, 9.17) is 4.74 Å². The van der Waals surface area contributed by atoms with Crippen molar-refractivity contribution in [1.29, 1.82) is 0 Å². The fourth-order valence-corrected chi connectivity index (χ4v) is 2.62. The van der Waals surface area contributed by atoms with Crippen molar-refractivity contribution >= 4 is 5.97 Å². The summed E-state index contributed by atoms with van der Waals surface area (Å²) in [4.78, 5) is 11.9. The van der Waals surface area contributed by atoms with E-state index in [1.807, 2.05) is 32.0 Å². The van der Waals surface area contributed by atoms with Crippen LogP contribution in [0.15, 0.2) is 18.2 Å². The Morgan fingerprint density at radius 2 is 2.06 bits per heavy atom. The van der Waals surface area contributed by atoms with E-state index < -0.39 is 5.60 Å². The Morgan fingerprint density at radius 3 is 2.69 bits per heavy atom. The third-order valence-electron chi connectivity index (χ3n) is 3.16. The number of benzene rings is 1. The smallest absolute Gasteiger partial charge is 0.339 e. The Hall–Kier alpha value is -1.31. The first-order valence-electron chi connectivity index (χ1n) is 5.77. The van der Waals surface area contributed by atoms with Gasteiger partial charge in [0.2, 0.25) is 0 Å². The molecule has 1 unspecified atom stereocenters. The zero-order valence-corrected chi connectivity index (χ0v) is 10.3. The maximum Gasteiger partial charge on any atom is 0.339 e. The van der Waals surface area contributed by atoms with Crippen molar-refractivity contribution in [2.24, 2.45) is 5.92 Å². The lowest BCUT2D eigenvalue weighted by Gasteiger charge is -2.26. The molecule has 2 rings (SSSR count). The van der Waals surface area contributed by atoms with Gasteiger partial charge in [0.05, 0.1) is 5.56 Å². The number of ether oxygens (including phenoxy) is 1. The maximum atomic E-state index is 11.9. The van der Waals surface area contributed by atoms with Gasteiger partial charge in [-0.15, -0.1) is 0 Å². The van der Waals surface area contributed by atoms with Gasteiger partial charge in [-0.1, -0.05) is 32.0 Å². The van der Waals surface area contributed by atoms with Crippen LogP contribution in [0, 0.1) is 12.8 Å². The molecule has 1 aliphatic rings. The molecular formula is C14H18O2. The van der Waals surface area contributed by atoms with Crippen LogP contribution in [-0.2, 0) is 10.3 Å². The van der Waals surface area contributed by atoms with Crippen LogP contribution in [0.2, 0.25) is 0 Å². The number of carbonyl (C=O) groups excluding carboxylic acids is 1. The molecule has 86 valence electrons. The summed E-state index contributed by atoms with van der Waals surface area (Å²) >= 11 is 0. The molecule has 1 aromatic carbocycles. The highest BCUT2D eigenvalue weighted by atomic mass is 16.6. The Balaban J connectivity index is 2.51. The summed E-state index contributed by atoms with van der Waals surface area (Å²) in [5, 5.41) is 0. The fourth-order valence-electron chi connectivity index (χ4n) is 2.62. The Kier molecular flexibility index (Phi) is 2.53. The van der Waals surface area contributed by atoms with E-state index in [-0.39, 0.29) is 5.97 Å². The normalized spacial score (nSPS) is 23.4. The Morgan fingerprint density at radius 1 is 1.38 bits per heavy atom. The molecule has 1 atom stereocenters. The van der Waals surface area contributed by atoms with E-state index in [0.717, 1.165) is 23.1 Å². The SMILES string of the molecule is Cc1cccc2c1C(=O)OC2(C)CC(C)C. The first kappa shape index (κ1) is 11.2. The molecule has 0 amide bonds. The van der Waals surface area contributed by atoms with Gasteiger partial charge in [0.15, 0.2) is 0 Å². The predicted molar refractivity (Wildman–Crippen MR) is 63.4 cm³/mol. The van der Waals surface area contributed by atoms with Gasteiger partial charge in [0, 0.05) is 5.56 Å². The van der Waals surface area contributed by atoms with Crippen LogP contribution < -0.4 is 0 Å². The average molecular weight is 218 g/mol. The molecule has 0 saturated carbocycles. The number of carbonyl (C=O) groups is 1. The van der Waals surface area contributed by atoms with Crippen LogP contribution in [0.5, 0.6) is 0 Å². The average Bonchev–Trinajstić information content (AvgIpc) is 2.38. The van der Waals surface area contributed by atoms with Gasteiger partial charge in [0.25, 0.3) is 0 Å². The highest BCUT2D eigenvalue weighted by molar-refractivity contribution is 5.96. The third-order valence-corrected chi connectivity index (χ3v) is 3.16. The molecule has 0 fully saturated rings. The zero-order chi connectivity index (χ0) is 11.9. The van der Waals surface area contributed by atoms with Gasteiger partial charge in [-0.25, -0.2) is 4.79 Å². The second-order valence-corrected chi connectivity index (χ2v) is 5.22. The van der Waals surface area contributed by atoms with E-state index in [1.54, 1.807) is 0 Å². The number of aryl methyl sites for hydroxylation is 1. The highest BCUT2D eigenvalue weighted by Crippen LogP contribution is 2.41. The van der Waals surface area contributed by atoms with Crippen LogP contribution in [0.1, 0.15) is 48.7 Å². The van der Waals surface area contributed by atoms with Gasteiger partial charge in [-0.3, -0.25) is 0 Å². The lowest BCUT2D eigenvalue weighted by Crippen LogP contribution is -2.23. The van der Waals surface area contributed by atoms with Crippen molar-refractivity contribution in [2.75, 3.05) is 0 Å². The molecule has 1 heterocycles. The quantitative estimate of drug-likeness (QED) is 0.711. The number of esters is 1. The van der Waals surface area contributed by atoms with Gasteiger partial charge < -0.3 is 4.74 Å².